The fourth-order valence-electron chi connectivity index (χ4n) is 1.24. The van der Waals surface area contributed by atoms with Crippen molar-refractivity contribution in [3.63, 3.8) is 0 Å². The van der Waals surface area contributed by atoms with E-state index < -0.39 is 0 Å². The van der Waals surface area contributed by atoms with Gasteiger partial charge in [0, 0.05) is 5.56 Å². The van der Waals surface area contributed by atoms with Crippen LogP contribution in [0.1, 0.15) is 5.56 Å². The van der Waals surface area contributed by atoms with Gasteiger partial charge in [-0.15, -0.1) is 0 Å². The zero-order valence-electron chi connectivity index (χ0n) is 7.34. The van der Waals surface area contributed by atoms with Crippen LogP contribution in [0.2, 0.25) is 0 Å². The first-order valence-electron chi connectivity index (χ1n) is 4.12. The number of hydrogen-bond acceptors (Lipinski definition) is 2. The molecule has 4 heteroatoms. The highest BCUT2D eigenvalue weighted by Gasteiger charge is 2.00. The summed E-state index contributed by atoms with van der Waals surface area (Å²) in [4.78, 5) is 5.74. The number of aromatic nitrogens is 3. The van der Waals surface area contributed by atoms with Crippen LogP contribution in [0.25, 0.3) is 11.8 Å². The Hall–Kier alpha value is -1.42. The molecule has 2 rings (SSSR count). The SMILES string of the molecule is BrC=Cc1ccccc1-n1cncn1. The Bertz CT molecular complexity index is 434. The lowest BCUT2D eigenvalue weighted by Crippen LogP contribution is -1.96. The van der Waals surface area contributed by atoms with Crippen molar-refractivity contribution in [1.82, 2.24) is 14.8 Å². The van der Waals surface area contributed by atoms with E-state index in [4.69, 9.17) is 0 Å². The average molecular weight is 250 g/mol. The molecular formula is C10H8BrN3. The zero-order valence-corrected chi connectivity index (χ0v) is 8.92. The highest BCUT2D eigenvalue weighted by molar-refractivity contribution is 9.11. The summed E-state index contributed by atoms with van der Waals surface area (Å²) in [6.45, 7) is 0. The summed E-state index contributed by atoms with van der Waals surface area (Å²) in [5.74, 6) is 0. The summed E-state index contributed by atoms with van der Waals surface area (Å²) in [5.41, 5.74) is 2.11. The van der Waals surface area contributed by atoms with E-state index in [0.717, 1.165) is 11.3 Å². The molecule has 0 aliphatic heterocycles. The molecule has 0 bridgehead atoms. The van der Waals surface area contributed by atoms with Gasteiger partial charge in [-0.1, -0.05) is 34.1 Å². The molecule has 14 heavy (non-hydrogen) atoms. The van der Waals surface area contributed by atoms with Crippen molar-refractivity contribution >= 4 is 22.0 Å². The topological polar surface area (TPSA) is 30.7 Å². The third-order valence-electron chi connectivity index (χ3n) is 1.84. The van der Waals surface area contributed by atoms with Crippen molar-refractivity contribution in [2.45, 2.75) is 0 Å². The van der Waals surface area contributed by atoms with Crippen molar-refractivity contribution < 1.29 is 0 Å². The molecule has 0 atom stereocenters. The van der Waals surface area contributed by atoms with Gasteiger partial charge in [0.25, 0.3) is 0 Å². The zero-order chi connectivity index (χ0) is 9.80. The summed E-state index contributed by atoms with van der Waals surface area (Å²) in [7, 11) is 0. The molecule has 0 aliphatic carbocycles. The van der Waals surface area contributed by atoms with E-state index >= 15 is 0 Å². The molecule has 70 valence electrons. The van der Waals surface area contributed by atoms with E-state index in [1.54, 1.807) is 11.0 Å². The summed E-state index contributed by atoms with van der Waals surface area (Å²) < 4.78 is 1.74. The summed E-state index contributed by atoms with van der Waals surface area (Å²) in [5, 5.41) is 4.09. The molecule has 1 heterocycles. The van der Waals surface area contributed by atoms with Crippen molar-refractivity contribution in [2.24, 2.45) is 0 Å². The summed E-state index contributed by atoms with van der Waals surface area (Å²) in [6.07, 6.45) is 5.17. The highest BCUT2D eigenvalue weighted by atomic mass is 79.9. The van der Waals surface area contributed by atoms with Crippen LogP contribution in [0.15, 0.2) is 41.9 Å². The predicted molar refractivity (Wildman–Crippen MR) is 59.3 cm³/mol. The molecule has 0 radical (unpaired) electrons. The van der Waals surface area contributed by atoms with Gasteiger partial charge in [0.1, 0.15) is 12.7 Å². The molecular weight excluding hydrogens is 242 g/mol. The lowest BCUT2D eigenvalue weighted by molar-refractivity contribution is 0.877. The van der Waals surface area contributed by atoms with Gasteiger partial charge in [-0.25, -0.2) is 9.67 Å². The summed E-state index contributed by atoms with van der Waals surface area (Å²) >= 11 is 3.26. The smallest absolute Gasteiger partial charge is 0.138 e. The Morgan fingerprint density at radius 3 is 2.86 bits per heavy atom. The number of para-hydroxylation sites is 1. The van der Waals surface area contributed by atoms with Crippen LogP contribution in [-0.2, 0) is 0 Å². The van der Waals surface area contributed by atoms with Gasteiger partial charge in [0.05, 0.1) is 5.69 Å². The number of hydrogen-bond donors (Lipinski definition) is 0. The first-order chi connectivity index (χ1) is 6.92. The van der Waals surface area contributed by atoms with Crippen LogP contribution in [0.3, 0.4) is 0 Å². The molecule has 1 aromatic heterocycles. The van der Waals surface area contributed by atoms with Crippen LogP contribution >= 0.6 is 15.9 Å². The molecule has 2 aromatic rings. The maximum absolute atomic E-state index is 4.09. The molecule has 0 unspecified atom stereocenters. The van der Waals surface area contributed by atoms with E-state index in [2.05, 4.69) is 26.0 Å². The third kappa shape index (κ3) is 1.75. The van der Waals surface area contributed by atoms with Crippen LogP contribution in [-0.4, -0.2) is 14.8 Å². The van der Waals surface area contributed by atoms with Crippen LogP contribution in [0.4, 0.5) is 0 Å². The Morgan fingerprint density at radius 2 is 2.14 bits per heavy atom. The number of nitrogens with zero attached hydrogens (tertiary/aromatic N) is 3. The van der Waals surface area contributed by atoms with Gasteiger partial charge in [0.2, 0.25) is 0 Å². The predicted octanol–water partition coefficient (Wildman–Crippen LogP) is 2.63. The Labute approximate surface area is 90.2 Å². The van der Waals surface area contributed by atoms with Gasteiger partial charge >= 0.3 is 0 Å². The lowest BCUT2D eigenvalue weighted by Gasteiger charge is -2.03. The maximum Gasteiger partial charge on any atom is 0.138 e. The average Bonchev–Trinajstić information content (AvgIpc) is 2.72. The van der Waals surface area contributed by atoms with Gasteiger partial charge in [0.15, 0.2) is 0 Å². The monoisotopic (exact) mass is 249 g/mol. The second-order valence-corrected chi connectivity index (χ2v) is 3.22. The second-order valence-electron chi connectivity index (χ2n) is 2.69. The van der Waals surface area contributed by atoms with Gasteiger partial charge < -0.3 is 0 Å². The van der Waals surface area contributed by atoms with Crippen LogP contribution in [0.5, 0.6) is 0 Å². The maximum atomic E-state index is 4.09. The van der Waals surface area contributed by atoms with Crippen molar-refractivity contribution in [3.05, 3.63) is 47.5 Å². The molecule has 0 spiro atoms. The van der Waals surface area contributed by atoms with Gasteiger partial charge in [-0.05, 0) is 17.1 Å². The molecule has 3 nitrogen and oxygen atoms in total. The first kappa shape index (κ1) is 9.15. The first-order valence-corrected chi connectivity index (χ1v) is 5.04. The molecule has 0 aliphatic rings. The lowest BCUT2D eigenvalue weighted by atomic mass is 10.2. The van der Waals surface area contributed by atoms with Crippen molar-refractivity contribution in [2.75, 3.05) is 0 Å². The largest absolute Gasteiger partial charge is 0.223 e. The quantitative estimate of drug-likeness (QED) is 0.820. The van der Waals surface area contributed by atoms with E-state index in [1.165, 1.54) is 6.33 Å². The Kier molecular flexibility index (Phi) is 2.74. The normalized spacial score (nSPS) is 10.9. The van der Waals surface area contributed by atoms with E-state index in [1.807, 2.05) is 35.3 Å². The fourth-order valence-corrected chi connectivity index (χ4v) is 1.52. The second kappa shape index (κ2) is 4.19. The number of benzene rings is 1. The van der Waals surface area contributed by atoms with Crippen molar-refractivity contribution in [3.8, 4) is 5.69 Å². The molecule has 0 fully saturated rings. The molecule has 0 saturated carbocycles. The van der Waals surface area contributed by atoms with Crippen LogP contribution < -0.4 is 0 Å². The van der Waals surface area contributed by atoms with Crippen LogP contribution in [0, 0.1) is 0 Å². The molecule has 1 aromatic carbocycles. The fraction of sp³-hybridized carbons (Fsp3) is 0. The number of rotatable bonds is 2. The third-order valence-corrected chi connectivity index (χ3v) is 2.11. The summed E-state index contributed by atoms with van der Waals surface area (Å²) in [6, 6.07) is 7.98. The molecule has 0 N–H and O–H groups in total. The minimum atomic E-state index is 1.01. The minimum absolute atomic E-state index is 1.01. The van der Waals surface area contributed by atoms with Crippen molar-refractivity contribution in [1.29, 1.82) is 0 Å². The number of halogens is 1. The minimum Gasteiger partial charge on any atom is -0.223 e. The van der Waals surface area contributed by atoms with Gasteiger partial charge in [-0.3, -0.25) is 0 Å². The molecule has 0 saturated heterocycles. The Balaban J connectivity index is 2.52. The van der Waals surface area contributed by atoms with Gasteiger partial charge in [-0.2, -0.15) is 5.10 Å². The highest BCUT2D eigenvalue weighted by Crippen LogP contribution is 2.14. The van der Waals surface area contributed by atoms with E-state index in [-0.39, 0.29) is 0 Å². The van der Waals surface area contributed by atoms with E-state index in [0.29, 0.717) is 0 Å². The standard InChI is InChI=1S/C10H8BrN3/c11-6-5-9-3-1-2-4-10(9)14-8-12-7-13-14/h1-8H. The van der Waals surface area contributed by atoms with E-state index in [9.17, 15) is 0 Å². The Morgan fingerprint density at radius 1 is 1.29 bits per heavy atom. The molecule has 0 amide bonds.